The normalized spacial score (nSPS) is 16.3. The summed E-state index contributed by atoms with van der Waals surface area (Å²) in [7, 11) is 1.78. The first-order valence-corrected chi connectivity index (χ1v) is 8.72. The molecule has 1 unspecified atom stereocenters. The minimum absolute atomic E-state index is 0.0961. The zero-order valence-corrected chi connectivity index (χ0v) is 15.7. The first-order chi connectivity index (χ1) is 12.7. The average Bonchev–Trinajstić information content (AvgIpc) is 2.88. The number of nitro groups is 1. The number of allylic oxidation sites excluding steroid dienone is 1. The van der Waals surface area contributed by atoms with Gasteiger partial charge in [-0.05, 0) is 19.3 Å². The van der Waals surface area contributed by atoms with Gasteiger partial charge < -0.3 is 10.4 Å². The van der Waals surface area contributed by atoms with Gasteiger partial charge in [-0.1, -0.05) is 32.0 Å². The van der Waals surface area contributed by atoms with Gasteiger partial charge in [0, 0.05) is 29.9 Å². The van der Waals surface area contributed by atoms with Crippen molar-refractivity contribution in [2.75, 3.05) is 5.32 Å². The van der Waals surface area contributed by atoms with Crippen LogP contribution < -0.4 is 5.32 Å². The lowest BCUT2D eigenvalue weighted by molar-refractivity contribution is -0.385. The Morgan fingerprint density at radius 1 is 1.41 bits per heavy atom. The first-order valence-electron chi connectivity index (χ1n) is 8.72. The van der Waals surface area contributed by atoms with Gasteiger partial charge in [-0.2, -0.15) is 5.10 Å². The number of hydrogen-bond acceptors (Lipinski definition) is 5. The number of para-hydroxylation sites is 1. The summed E-state index contributed by atoms with van der Waals surface area (Å²) in [6.45, 7) is 5.77. The molecular formula is C19H22N4O4. The molecule has 0 fully saturated rings. The van der Waals surface area contributed by atoms with Crippen molar-refractivity contribution in [1.82, 2.24) is 9.78 Å². The summed E-state index contributed by atoms with van der Waals surface area (Å²) >= 11 is 0. The number of aliphatic carboxylic acids is 1. The molecule has 8 heteroatoms. The van der Waals surface area contributed by atoms with Crippen LogP contribution in [0.5, 0.6) is 0 Å². The number of carboxylic acid groups (broad SMARTS) is 1. The van der Waals surface area contributed by atoms with Gasteiger partial charge in [0.25, 0.3) is 5.69 Å². The molecule has 2 N–H and O–H groups in total. The Morgan fingerprint density at radius 3 is 2.67 bits per heavy atom. The van der Waals surface area contributed by atoms with Crippen molar-refractivity contribution in [3.05, 3.63) is 62.5 Å². The predicted molar refractivity (Wildman–Crippen MR) is 101 cm³/mol. The number of fused-ring (bicyclic) bond motifs is 1. The Hall–Kier alpha value is -3.16. The minimum Gasteiger partial charge on any atom is -0.478 e. The highest BCUT2D eigenvalue weighted by atomic mass is 16.6. The van der Waals surface area contributed by atoms with E-state index in [1.54, 1.807) is 36.9 Å². The molecule has 0 spiro atoms. The molecule has 0 saturated heterocycles. The maximum Gasteiger partial charge on any atom is 0.334 e. The van der Waals surface area contributed by atoms with Crippen LogP contribution in [-0.4, -0.2) is 25.8 Å². The number of aryl methyl sites for hydroxylation is 1. The van der Waals surface area contributed by atoms with Crippen molar-refractivity contribution in [2.24, 2.45) is 13.0 Å². The predicted octanol–water partition coefficient (Wildman–Crippen LogP) is 3.44. The first kappa shape index (κ1) is 18.6. The van der Waals surface area contributed by atoms with Crippen molar-refractivity contribution in [2.45, 2.75) is 33.1 Å². The van der Waals surface area contributed by atoms with Crippen molar-refractivity contribution in [1.29, 1.82) is 0 Å². The van der Waals surface area contributed by atoms with E-state index in [0.717, 1.165) is 5.69 Å². The zero-order valence-electron chi connectivity index (χ0n) is 15.7. The fraction of sp³-hybridized carbons (Fsp3) is 0.368. The Labute approximate surface area is 156 Å². The van der Waals surface area contributed by atoms with E-state index in [4.69, 9.17) is 0 Å². The van der Waals surface area contributed by atoms with Crippen LogP contribution in [0.4, 0.5) is 11.5 Å². The third-order valence-electron chi connectivity index (χ3n) is 4.72. The number of anilines is 1. The summed E-state index contributed by atoms with van der Waals surface area (Å²) in [5.41, 5.74) is 2.28. The Bertz CT molecular complexity index is 959. The van der Waals surface area contributed by atoms with Crippen LogP contribution >= 0.6 is 0 Å². The van der Waals surface area contributed by atoms with E-state index in [-0.39, 0.29) is 11.3 Å². The van der Waals surface area contributed by atoms with E-state index in [2.05, 4.69) is 24.3 Å². The molecular weight excluding hydrogens is 348 g/mol. The molecule has 1 atom stereocenters. The van der Waals surface area contributed by atoms with Crippen LogP contribution in [0.15, 0.2) is 35.5 Å². The number of hydrogen-bond donors (Lipinski definition) is 2. The number of nitro benzene ring substituents is 1. The van der Waals surface area contributed by atoms with Gasteiger partial charge in [-0.3, -0.25) is 14.8 Å². The van der Waals surface area contributed by atoms with E-state index >= 15 is 0 Å². The van der Waals surface area contributed by atoms with Crippen LogP contribution in [0.2, 0.25) is 0 Å². The Kier molecular flexibility index (Phi) is 4.73. The standard InChI is InChI=1S/C19H22N4O4/c1-10(2)9-13-17-16(12-7-5-6-8-14(12)23(26)27)15(19(24)25)11(3)20-18(17)22(4)21-13/h5-8,10,16,20H,9H2,1-4H3,(H,24,25). The molecule has 0 bridgehead atoms. The Balaban J connectivity index is 2.34. The average molecular weight is 370 g/mol. The molecule has 2 aromatic rings. The minimum atomic E-state index is -1.10. The molecule has 1 aromatic carbocycles. The molecule has 1 aliphatic rings. The van der Waals surface area contributed by atoms with E-state index in [9.17, 15) is 20.0 Å². The number of nitrogens with one attached hydrogen (secondary N) is 1. The molecule has 27 heavy (non-hydrogen) atoms. The van der Waals surface area contributed by atoms with Crippen molar-refractivity contribution < 1.29 is 14.8 Å². The van der Waals surface area contributed by atoms with Crippen molar-refractivity contribution >= 4 is 17.5 Å². The van der Waals surface area contributed by atoms with Crippen LogP contribution in [0.1, 0.15) is 43.5 Å². The largest absolute Gasteiger partial charge is 0.478 e. The summed E-state index contributed by atoms with van der Waals surface area (Å²) in [4.78, 5) is 23.2. The third kappa shape index (κ3) is 3.18. The van der Waals surface area contributed by atoms with Gasteiger partial charge in [-0.15, -0.1) is 0 Å². The second-order valence-electron chi connectivity index (χ2n) is 7.15. The monoisotopic (exact) mass is 370 g/mol. The lowest BCUT2D eigenvalue weighted by atomic mass is 9.80. The summed E-state index contributed by atoms with van der Waals surface area (Å²) in [6, 6.07) is 6.31. The van der Waals surface area contributed by atoms with Gasteiger partial charge in [0.2, 0.25) is 0 Å². The molecule has 0 amide bonds. The number of carbonyl (C=O) groups is 1. The lowest BCUT2D eigenvalue weighted by Gasteiger charge is -2.27. The van der Waals surface area contributed by atoms with Gasteiger partial charge in [0.1, 0.15) is 5.82 Å². The fourth-order valence-electron chi connectivity index (χ4n) is 3.68. The maximum atomic E-state index is 12.1. The number of rotatable bonds is 5. The van der Waals surface area contributed by atoms with E-state index in [1.807, 2.05) is 0 Å². The molecule has 142 valence electrons. The molecule has 2 heterocycles. The molecule has 0 aliphatic carbocycles. The summed E-state index contributed by atoms with van der Waals surface area (Å²) in [5.74, 6) is -0.886. The maximum absolute atomic E-state index is 12.1. The SMILES string of the molecule is CC1=C(C(=O)O)C(c2ccccc2[N+](=O)[O-])c2c(CC(C)C)nn(C)c2N1. The number of aromatic nitrogens is 2. The summed E-state index contributed by atoms with van der Waals surface area (Å²) in [6.07, 6.45) is 0.647. The zero-order chi connectivity index (χ0) is 19.9. The highest BCUT2D eigenvalue weighted by Gasteiger charge is 2.39. The van der Waals surface area contributed by atoms with Gasteiger partial charge in [-0.25, -0.2) is 4.79 Å². The van der Waals surface area contributed by atoms with E-state index in [1.165, 1.54) is 6.07 Å². The van der Waals surface area contributed by atoms with E-state index in [0.29, 0.717) is 35.0 Å². The number of carboxylic acids is 1. The van der Waals surface area contributed by atoms with Crippen LogP contribution in [-0.2, 0) is 18.3 Å². The number of nitrogens with zero attached hydrogens (tertiary/aromatic N) is 3. The number of benzene rings is 1. The van der Waals surface area contributed by atoms with Crippen molar-refractivity contribution in [3.63, 3.8) is 0 Å². The molecule has 1 aliphatic heterocycles. The molecule has 0 radical (unpaired) electrons. The summed E-state index contributed by atoms with van der Waals surface area (Å²) in [5, 5.41) is 29.2. The van der Waals surface area contributed by atoms with Crippen LogP contribution in [0, 0.1) is 16.0 Å². The third-order valence-corrected chi connectivity index (χ3v) is 4.72. The van der Waals surface area contributed by atoms with Crippen LogP contribution in [0.3, 0.4) is 0 Å². The second kappa shape index (κ2) is 6.86. The molecule has 3 rings (SSSR count). The highest BCUT2D eigenvalue weighted by molar-refractivity contribution is 5.93. The lowest BCUT2D eigenvalue weighted by Crippen LogP contribution is -2.24. The molecule has 1 aromatic heterocycles. The van der Waals surface area contributed by atoms with Gasteiger partial charge in [0.05, 0.1) is 22.1 Å². The molecule has 0 saturated carbocycles. The summed E-state index contributed by atoms with van der Waals surface area (Å²) < 4.78 is 1.68. The van der Waals surface area contributed by atoms with Crippen molar-refractivity contribution in [3.8, 4) is 0 Å². The topological polar surface area (TPSA) is 110 Å². The second-order valence-corrected chi connectivity index (χ2v) is 7.15. The smallest absolute Gasteiger partial charge is 0.334 e. The quantitative estimate of drug-likeness (QED) is 0.616. The van der Waals surface area contributed by atoms with Gasteiger partial charge in [0.15, 0.2) is 0 Å². The molecule has 8 nitrogen and oxygen atoms in total. The van der Waals surface area contributed by atoms with E-state index < -0.39 is 16.8 Å². The highest BCUT2D eigenvalue weighted by Crippen LogP contribution is 2.46. The van der Waals surface area contributed by atoms with Gasteiger partial charge >= 0.3 is 5.97 Å². The Morgan fingerprint density at radius 2 is 2.07 bits per heavy atom. The fourth-order valence-corrected chi connectivity index (χ4v) is 3.68. The van der Waals surface area contributed by atoms with Crippen LogP contribution in [0.25, 0.3) is 0 Å².